The Bertz CT molecular complexity index is 758. The molecule has 4 heteroatoms. The van der Waals surface area contributed by atoms with E-state index in [9.17, 15) is 5.11 Å². The lowest BCUT2D eigenvalue weighted by Gasteiger charge is -2.10. The quantitative estimate of drug-likeness (QED) is 0.699. The Morgan fingerprint density at radius 2 is 1.90 bits per heavy atom. The first kappa shape index (κ1) is 13.3. The number of benzene rings is 2. The largest absolute Gasteiger partial charge is 0.438 e. The highest BCUT2D eigenvalue weighted by molar-refractivity contribution is 14.1. The Labute approximate surface area is 130 Å². The molecule has 0 radical (unpaired) electrons. The number of fused-ring (bicyclic) bond motifs is 1. The lowest BCUT2D eigenvalue weighted by Crippen LogP contribution is -1.95. The van der Waals surface area contributed by atoms with Crippen LogP contribution in [-0.2, 0) is 6.61 Å². The number of aliphatic hydroxyl groups is 1. The van der Waals surface area contributed by atoms with Crippen LogP contribution < -0.4 is 4.74 Å². The fourth-order valence-corrected chi connectivity index (χ4v) is 2.54. The minimum Gasteiger partial charge on any atom is -0.438 e. The molecule has 100 valence electrons. The molecule has 0 aliphatic heterocycles. The van der Waals surface area contributed by atoms with Crippen molar-refractivity contribution in [1.82, 2.24) is 4.98 Å². The van der Waals surface area contributed by atoms with Crippen molar-refractivity contribution >= 4 is 33.4 Å². The lowest BCUT2D eigenvalue weighted by molar-refractivity contribution is 0.275. The summed E-state index contributed by atoms with van der Waals surface area (Å²) >= 11 is 2.24. The van der Waals surface area contributed by atoms with Crippen molar-refractivity contribution in [2.75, 3.05) is 0 Å². The van der Waals surface area contributed by atoms with Gasteiger partial charge < -0.3 is 9.84 Å². The van der Waals surface area contributed by atoms with E-state index in [0.717, 1.165) is 20.1 Å². The van der Waals surface area contributed by atoms with E-state index in [4.69, 9.17) is 4.74 Å². The third kappa shape index (κ3) is 2.76. The van der Waals surface area contributed by atoms with E-state index in [1.165, 1.54) is 0 Å². The Morgan fingerprint density at radius 1 is 1.05 bits per heavy atom. The molecule has 0 spiro atoms. The van der Waals surface area contributed by atoms with Gasteiger partial charge in [-0.3, -0.25) is 0 Å². The van der Waals surface area contributed by atoms with Crippen molar-refractivity contribution in [1.29, 1.82) is 0 Å². The second kappa shape index (κ2) is 5.76. The average Bonchev–Trinajstić information content (AvgIpc) is 2.47. The topological polar surface area (TPSA) is 42.4 Å². The van der Waals surface area contributed by atoms with E-state index in [0.29, 0.717) is 11.6 Å². The van der Waals surface area contributed by atoms with Crippen LogP contribution >= 0.6 is 22.6 Å². The molecule has 0 aliphatic rings. The molecule has 3 nitrogen and oxygen atoms in total. The van der Waals surface area contributed by atoms with Gasteiger partial charge in [0.25, 0.3) is 0 Å². The molecular weight excluding hydrogens is 365 g/mol. The molecule has 3 aromatic rings. The molecule has 20 heavy (non-hydrogen) atoms. The van der Waals surface area contributed by atoms with E-state index < -0.39 is 0 Å². The molecular formula is C16H12INO2. The van der Waals surface area contributed by atoms with E-state index in [2.05, 4.69) is 27.6 Å². The highest BCUT2D eigenvalue weighted by Crippen LogP contribution is 2.29. The van der Waals surface area contributed by atoms with Gasteiger partial charge in [-0.25, -0.2) is 4.98 Å². The molecule has 0 fully saturated rings. The zero-order valence-corrected chi connectivity index (χ0v) is 12.7. The third-order valence-corrected chi connectivity index (χ3v) is 3.60. The van der Waals surface area contributed by atoms with E-state index >= 15 is 0 Å². The first-order valence-electron chi connectivity index (χ1n) is 6.19. The van der Waals surface area contributed by atoms with Crippen LogP contribution in [0.4, 0.5) is 0 Å². The normalized spacial score (nSPS) is 10.7. The van der Waals surface area contributed by atoms with Crippen molar-refractivity contribution in [2.24, 2.45) is 0 Å². The molecule has 0 atom stereocenters. The summed E-state index contributed by atoms with van der Waals surface area (Å²) < 4.78 is 6.99. The van der Waals surface area contributed by atoms with Crippen LogP contribution in [0.3, 0.4) is 0 Å². The Balaban J connectivity index is 2.10. The molecule has 1 aromatic heterocycles. The van der Waals surface area contributed by atoms with Gasteiger partial charge in [-0.1, -0.05) is 24.3 Å². The second-order valence-corrected chi connectivity index (χ2v) is 5.60. The van der Waals surface area contributed by atoms with Crippen molar-refractivity contribution in [3.8, 4) is 11.6 Å². The lowest BCUT2D eigenvalue weighted by atomic mass is 10.1. The maximum atomic E-state index is 9.31. The highest BCUT2D eigenvalue weighted by Gasteiger charge is 2.08. The summed E-state index contributed by atoms with van der Waals surface area (Å²) in [5, 5.41) is 11.3. The summed E-state index contributed by atoms with van der Waals surface area (Å²) in [5.74, 6) is 1.26. The van der Waals surface area contributed by atoms with Crippen molar-refractivity contribution in [2.45, 2.75) is 6.61 Å². The van der Waals surface area contributed by atoms with Crippen molar-refractivity contribution in [3.63, 3.8) is 0 Å². The Kier molecular flexibility index (Phi) is 3.84. The first-order valence-corrected chi connectivity index (χ1v) is 7.27. The van der Waals surface area contributed by atoms with E-state index in [1.54, 1.807) is 0 Å². The SMILES string of the molecule is OCc1cc2ccccc2c(Oc2cccc(I)c2)n1. The van der Waals surface area contributed by atoms with Gasteiger partial charge in [0.05, 0.1) is 12.3 Å². The van der Waals surface area contributed by atoms with Gasteiger partial charge in [0, 0.05) is 8.96 Å². The summed E-state index contributed by atoms with van der Waals surface area (Å²) in [5.41, 5.74) is 0.601. The fourth-order valence-electron chi connectivity index (χ4n) is 2.02. The second-order valence-electron chi connectivity index (χ2n) is 4.36. The van der Waals surface area contributed by atoms with Crippen LogP contribution in [0.2, 0.25) is 0 Å². The molecule has 0 unspecified atom stereocenters. The predicted molar refractivity (Wildman–Crippen MR) is 86.9 cm³/mol. The van der Waals surface area contributed by atoms with Crippen molar-refractivity contribution < 1.29 is 9.84 Å². The van der Waals surface area contributed by atoms with Gasteiger partial charge in [0.15, 0.2) is 0 Å². The van der Waals surface area contributed by atoms with E-state index in [1.807, 2.05) is 54.6 Å². The van der Waals surface area contributed by atoms with Crippen molar-refractivity contribution in [3.05, 3.63) is 63.9 Å². The Hall–Kier alpha value is -1.66. The molecule has 0 saturated carbocycles. The van der Waals surface area contributed by atoms with Gasteiger partial charge in [-0.2, -0.15) is 0 Å². The molecule has 1 N–H and O–H groups in total. The number of hydrogen-bond donors (Lipinski definition) is 1. The molecule has 0 aliphatic carbocycles. The van der Waals surface area contributed by atoms with Gasteiger partial charge in [0.1, 0.15) is 5.75 Å². The summed E-state index contributed by atoms with van der Waals surface area (Å²) in [6, 6.07) is 17.5. The number of pyridine rings is 1. The number of aromatic nitrogens is 1. The van der Waals surface area contributed by atoms with Gasteiger partial charge >= 0.3 is 0 Å². The van der Waals surface area contributed by atoms with Crippen LogP contribution in [-0.4, -0.2) is 10.1 Å². The minimum absolute atomic E-state index is 0.104. The monoisotopic (exact) mass is 377 g/mol. The molecule has 0 saturated heterocycles. The van der Waals surface area contributed by atoms with E-state index in [-0.39, 0.29) is 6.61 Å². The zero-order valence-electron chi connectivity index (χ0n) is 10.6. The number of aliphatic hydroxyl groups excluding tert-OH is 1. The number of hydrogen-bond acceptors (Lipinski definition) is 3. The van der Waals surface area contributed by atoms with Crippen LogP contribution in [0, 0.1) is 3.57 Å². The van der Waals surface area contributed by atoms with Gasteiger partial charge in [0.2, 0.25) is 5.88 Å². The third-order valence-electron chi connectivity index (χ3n) is 2.93. The molecule has 1 heterocycles. The standard InChI is InChI=1S/C16H12INO2/c17-12-5-3-6-14(9-12)20-16-15-7-2-1-4-11(15)8-13(10-19)18-16/h1-9,19H,10H2. The van der Waals surface area contributed by atoms with Crippen LogP contribution in [0.25, 0.3) is 10.8 Å². The van der Waals surface area contributed by atoms with Crippen LogP contribution in [0.1, 0.15) is 5.69 Å². The minimum atomic E-state index is -0.104. The van der Waals surface area contributed by atoms with Gasteiger partial charge in [-0.15, -0.1) is 0 Å². The number of ether oxygens (including phenoxy) is 1. The predicted octanol–water partition coefficient (Wildman–Crippen LogP) is 4.12. The molecule has 2 aromatic carbocycles. The first-order chi connectivity index (χ1) is 9.76. The molecule has 0 amide bonds. The summed E-state index contributed by atoms with van der Waals surface area (Å²) in [6.07, 6.45) is 0. The van der Waals surface area contributed by atoms with Crippen LogP contribution in [0.15, 0.2) is 54.6 Å². The fraction of sp³-hybridized carbons (Fsp3) is 0.0625. The summed E-state index contributed by atoms with van der Waals surface area (Å²) in [4.78, 5) is 4.37. The van der Waals surface area contributed by atoms with Gasteiger partial charge in [-0.05, 0) is 58.3 Å². The number of rotatable bonds is 3. The average molecular weight is 377 g/mol. The smallest absolute Gasteiger partial charge is 0.227 e. The summed E-state index contributed by atoms with van der Waals surface area (Å²) in [7, 11) is 0. The number of nitrogens with zero attached hydrogens (tertiary/aromatic N) is 1. The Morgan fingerprint density at radius 3 is 2.70 bits per heavy atom. The maximum Gasteiger partial charge on any atom is 0.227 e. The molecule has 3 rings (SSSR count). The summed E-state index contributed by atoms with van der Waals surface area (Å²) in [6.45, 7) is -0.104. The maximum absolute atomic E-state index is 9.31. The highest BCUT2D eigenvalue weighted by atomic mass is 127. The molecule has 0 bridgehead atoms. The number of halogens is 1. The van der Waals surface area contributed by atoms with Crippen LogP contribution in [0.5, 0.6) is 11.6 Å². The zero-order chi connectivity index (χ0) is 13.9.